The number of anilines is 1. The van der Waals surface area contributed by atoms with Crippen LogP contribution in [0.2, 0.25) is 0 Å². The summed E-state index contributed by atoms with van der Waals surface area (Å²) < 4.78 is 0. The number of nitrogens with one attached hydrogen (secondary N) is 2. The van der Waals surface area contributed by atoms with Crippen LogP contribution in [0.15, 0.2) is 67.3 Å². The molecule has 4 rings (SSSR count). The van der Waals surface area contributed by atoms with E-state index in [2.05, 4.69) is 49.7 Å². The molecule has 0 fully saturated rings. The van der Waals surface area contributed by atoms with Gasteiger partial charge in [-0.1, -0.05) is 18.2 Å². The minimum Gasteiger partial charge on any atom is -0.380 e. The standard InChI is InChI=1S/C18H15N5/c1-2-13(8-15(3-1)14-4-6-19-7-5-14)10-20-17-9-16-11-22-23-18(16)21-12-17/h1-9,11-12,20H,10H2,(H,21,22,23). The SMILES string of the molecule is c1cc(CNc2cnc3[nH]ncc3c2)cc(-c2ccncc2)c1. The molecule has 0 atom stereocenters. The predicted octanol–water partition coefficient (Wildman–Crippen LogP) is 3.63. The average molecular weight is 301 g/mol. The van der Waals surface area contributed by atoms with E-state index in [0.29, 0.717) is 0 Å². The van der Waals surface area contributed by atoms with Crippen molar-refractivity contribution in [3.63, 3.8) is 0 Å². The number of hydrogen-bond donors (Lipinski definition) is 2. The quantitative estimate of drug-likeness (QED) is 0.604. The van der Waals surface area contributed by atoms with Gasteiger partial charge < -0.3 is 5.32 Å². The minimum absolute atomic E-state index is 0.740. The fraction of sp³-hybridized carbons (Fsp3) is 0.0556. The zero-order chi connectivity index (χ0) is 15.5. The van der Waals surface area contributed by atoms with E-state index < -0.39 is 0 Å². The van der Waals surface area contributed by atoms with Gasteiger partial charge in [0, 0.05) is 24.3 Å². The van der Waals surface area contributed by atoms with Gasteiger partial charge in [0.1, 0.15) is 0 Å². The number of hydrogen-bond acceptors (Lipinski definition) is 4. The fourth-order valence-corrected chi connectivity index (χ4v) is 2.54. The largest absolute Gasteiger partial charge is 0.380 e. The van der Waals surface area contributed by atoms with Crippen LogP contribution in [-0.4, -0.2) is 20.2 Å². The molecule has 0 bridgehead atoms. The Morgan fingerprint density at radius 3 is 2.78 bits per heavy atom. The van der Waals surface area contributed by atoms with E-state index >= 15 is 0 Å². The Balaban J connectivity index is 1.52. The highest BCUT2D eigenvalue weighted by atomic mass is 15.1. The van der Waals surface area contributed by atoms with Gasteiger partial charge in [0.2, 0.25) is 0 Å². The molecular weight excluding hydrogens is 286 g/mol. The monoisotopic (exact) mass is 301 g/mol. The molecule has 3 heterocycles. The van der Waals surface area contributed by atoms with Crippen LogP contribution < -0.4 is 5.32 Å². The van der Waals surface area contributed by atoms with Crippen molar-refractivity contribution in [2.45, 2.75) is 6.54 Å². The Hall–Kier alpha value is -3.21. The molecule has 5 heteroatoms. The van der Waals surface area contributed by atoms with Crippen molar-refractivity contribution in [1.29, 1.82) is 0 Å². The molecule has 0 amide bonds. The molecule has 0 spiro atoms. The number of aromatic nitrogens is 4. The van der Waals surface area contributed by atoms with Crippen LogP contribution in [0.3, 0.4) is 0 Å². The Kier molecular flexibility index (Phi) is 3.44. The van der Waals surface area contributed by atoms with Gasteiger partial charge >= 0.3 is 0 Å². The fourth-order valence-electron chi connectivity index (χ4n) is 2.54. The molecule has 0 saturated carbocycles. The van der Waals surface area contributed by atoms with Gasteiger partial charge in [0.15, 0.2) is 5.65 Å². The second-order valence-corrected chi connectivity index (χ2v) is 5.32. The number of H-pyrrole nitrogens is 1. The van der Waals surface area contributed by atoms with E-state index in [1.807, 2.05) is 36.8 Å². The van der Waals surface area contributed by atoms with Crippen molar-refractivity contribution < 1.29 is 0 Å². The third kappa shape index (κ3) is 2.89. The average Bonchev–Trinajstić information content (AvgIpc) is 3.09. The molecule has 0 radical (unpaired) electrons. The number of pyridine rings is 2. The molecule has 4 aromatic rings. The van der Waals surface area contributed by atoms with Crippen LogP contribution in [0, 0.1) is 0 Å². The summed E-state index contributed by atoms with van der Waals surface area (Å²) in [6.07, 6.45) is 7.21. The van der Waals surface area contributed by atoms with Crippen molar-refractivity contribution in [3.8, 4) is 11.1 Å². The van der Waals surface area contributed by atoms with E-state index in [9.17, 15) is 0 Å². The number of rotatable bonds is 4. The summed E-state index contributed by atoms with van der Waals surface area (Å²) in [5.74, 6) is 0. The highest BCUT2D eigenvalue weighted by molar-refractivity contribution is 5.77. The molecule has 1 aromatic carbocycles. The highest BCUT2D eigenvalue weighted by Crippen LogP contribution is 2.20. The van der Waals surface area contributed by atoms with Crippen LogP contribution >= 0.6 is 0 Å². The molecule has 0 saturated heterocycles. The lowest BCUT2D eigenvalue weighted by Gasteiger charge is -2.08. The van der Waals surface area contributed by atoms with Gasteiger partial charge in [-0.25, -0.2) is 4.98 Å². The molecule has 23 heavy (non-hydrogen) atoms. The summed E-state index contributed by atoms with van der Waals surface area (Å²) in [7, 11) is 0. The van der Waals surface area contributed by atoms with Gasteiger partial charge in [-0.2, -0.15) is 5.10 Å². The Labute approximate surface area is 133 Å². The van der Waals surface area contributed by atoms with Crippen LogP contribution in [0.5, 0.6) is 0 Å². The van der Waals surface area contributed by atoms with Crippen molar-refractivity contribution in [3.05, 3.63) is 72.8 Å². The van der Waals surface area contributed by atoms with Gasteiger partial charge in [0.05, 0.1) is 18.1 Å². The summed E-state index contributed by atoms with van der Waals surface area (Å²) in [4.78, 5) is 8.39. The predicted molar refractivity (Wildman–Crippen MR) is 90.9 cm³/mol. The zero-order valence-corrected chi connectivity index (χ0v) is 12.4. The van der Waals surface area contributed by atoms with Crippen LogP contribution in [0.25, 0.3) is 22.2 Å². The molecular formula is C18H15N5. The summed E-state index contributed by atoms with van der Waals surface area (Å²) in [5, 5.41) is 11.2. The number of fused-ring (bicyclic) bond motifs is 1. The lowest BCUT2D eigenvalue weighted by Crippen LogP contribution is -2.00. The second kappa shape index (κ2) is 5.88. The molecule has 2 N–H and O–H groups in total. The molecule has 0 aliphatic rings. The lowest BCUT2D eigenvalue weighted by molar-refractivity contribution is 1.09. The maximum Gasteiger partial charge on any atom is 0.155 e. The van der Waals surface area contributed by atoms with Crippen molar-refractivity contribution >= 4 is 16.7 Å². The van der Waals surface area contributed by atoms with Gasteiger partial charge in [-0.3, -0.25) is 10.1 Å². The highest BCUT2D eigenvalue weighted by Gasteiger charge is 2.01. The summed E-state index contributed by atoms with van der Waals surface area (Å²) in [5.41, 5.74) is 5.36. The van der Waals surface area contributed by atoms with Crippen molar-refractivity contribution in [1.82, 2.24) is 20.2 Å². The van der Waals surface area contributed by atoms with Gasteiger partial charge in [0.25, 0.3) is 0 Å². The van der Waals surface area contributed by atoms with Crippen molar-refractivity contribution in [2.24, 2.45) is 0 Å². The molecule has 112 valence electrons. The van der Waals surface area contributed by atoms with Crippen LogP contribution in [0.4, 0.5) is 5.69 Å². The Morgan fingerprint density at radius 1 is 0.957 bits per heavy atom. The summed E-state index contributed by atoms with van der Waals surface area (Å²) in [6.45, 7) is 0.740. The number of nitrogens with zero attached hydrogens (tertiary/aromatic N) is 3. The third-order valence-corrected chi connectivity index (χ3v) is 3.73. The first kappa shape index (κ1) is 13.5. The number of benzene rings is 1. The molecule has 0 unspecified atom stereocenters. The van der Waals surface area contributed by atoms with Crippen molar-refractivity contribution in [2.75, 3.05) is 5.32 Å². The van der Waals surface area contributed by atoms with E-state index in [1.54, 1.807) is 6.20 Å². The topological polar surface area (TPSA) is 66.5 Å². The van der Waals surface area contributed by atoms with Crippen LogP contribution in [-0.2, 0) is 6.54 Å². The first-order valence-corrected chi connectivity index (χ1v) is 7.41. The molecule has 0 aliphatic heterocycles. The first-order chi connectivity index (χ1) is 11.4. The van der Waals surface area contributed by atoms with E-state index in [1.165, 1.54) is 16.7 Å². The van der Waals surface area contributed by atoms with E-state index in [-0.39, 0.29) is 0 Å². The van der Waals surface area contributed by atoms with Crippen LogP contribution in [0.1, 0.15) is 5.56 Å². The summed E-state index contributed by atoms with van der Waals surface area (Å²) in [6, 6.07) is 14.6. The molecule has 5 nitrogen and oxygen atoms in total. The van der Waals surface area contributed by atoms with E-state index in [4.69, 9.17) is 0 Å². The van der Waals surface area contributed by atoms with Gasteiger partial charge in [-0.05, 0) is 41.0 Å². The normalized spacial score (nSPS) is 10.8. The third-order valence-electron chi connectivity index (χ3n) is 3.73. The first-order valence-electron chi connectivity index (χ1n) is 7.41. The maximum absolute atomic E-state index is 4.33. The number of aromatic amines is 1. The second-order valence-electron chi connectivity index (χ2n) is 5.32. The molecule has 3 aromatic heterocycles. The maximum atomic E-state index is 4.33. The lowest BCUT2D eigenvalue weighted by atomic mass is 10.0. The van der Waals surface area contributed by atoms with E-state index in [0.717, 1.165) is 23.3 Å². The minimum atomic E-state index is 0.740. The van der Waals surface area contributed by atoms with Gasteiger partial charge in [-0.15, -0.1) is 0 Å². The molecule has 0 aliphatic carbocycles. The Morgan fingerprint density at radius 2 is 1.87 bits per heavy atom. The smallest absolute Gasteiger partial charge is 0.155 e. The summed E-state index contributed by atoms with van der Waals surface area (Å²) >= 11 is 0. The Bertz CT molecular complexity index is 930. The zero-order valence-electron chi connectivity index (χ0n) is 12.4.